The summed E-state index contributed by atoms with van der Waals surface area (Å²) in [5.41, 5.74) is 1.73. The molecule has 0 atom stereocenters. The molecule has 0 aliphatic rings. The Balaban J connectivity index is 2.44. The molecule has 0 fully saturated rings. The van der Waals surface area contributed by atoms with Gasteiger partial charge in [-0.25, -0.2) is 4.79 Å². The van der Waals surface area contributed by atoms with E-state index in [2.05, 4.69) is 4.98 Å². The molecular formula is C15H13Cl2NO3. The predicted octanol–water partition coefficient (Wildman–Crippen LogP) is 3.37. The molecule has 1 N–H and O–H groups in total. The van der Waals surface area contributed by atoms with Gasteiger partial charge < -0.3 is 9.72 Å². The first kappa shape index (κ1) is 15.6. The molecule has 0 spiro atoms. The van der Waals surface area contributed by atoms with Gasteiger partial charge in [0.15, 0.2) is 0 Å². The summed E-state index contributed by atoms with van der Waals surface area (Å²) in [4.78, 5) is 26.3. The Labute approximate surface area is 131 Å². The number of aromatic nitrogens is 1. The van der Waals surface area contributed by atoms with Gasteiger partial charge in [0.1, 0.15) is 0 Å². The molecule has 4 nitrogen and oxygen atoms in total. The van der Waals surface area contributed by atoms with Crippen molar-refractivity contribution in [3.63, 3.8) is 0 Å². The van der Waals surface area contributed by atoms with Crippen LogP contribution in [0.5, 0.6) is 0 Å². The first-order valence-corrected chi connectivity index (χ1v) is 6.93. The van der Waals surface area contributed by atoms with Gasteiger partial charge in [-0.2, -0.15) is 0 Å². The molecule has 6 heteroatoms. The third kappa shape index (κ3) is 3.46. The van der Waals surface area contributed by atoms with E-state index in [9.17, 15) is 9.59 Å². The Hall–Kier alpha value is -1.78. The fraction of sp³-hybridized carbons (Fsp3) is 0.200. The second kappa shape index (κ2) is 6.33. The summed E-state index contributed by atoms with van der Waals surface area (Å²) in [5.74, 6) is -0.493. The van der Waals surface area contributed by atoms with Gasteiger partial charge in [0, 0.05) is 27.7 Å². The summed E-state index contributed by atoms with van der Waals surface area (Å²) >= 11 is 11.9. The maximum Gasteiger partial charge on any atom is 0.339 e. The highest BCUT2D eigenvalue weighted by molar-refractivity contribution is 6.35. The van der Waals surface area contributed by atoms with E-state index >= 15 is 0 Å². The minimum absolute atomic E-state index is 0.258. The summed E-state index contributed by atoms with van der Waals surface area (Å²) < 4.78 is 4.70. The summed E-state index contributed by atoms with van der Waals surface area (Å²) in [6, 6.07) is 6.60. The van der Waals surface area contributed by atoms with Crippen LogP contribution >= 0.6 is 23.2 Å². The van der Waals surface area contributed by atoms with Crippen LogP contribution in [-0.2, 0) is 11.2 Å². The highest BCUT2D eigenvalue weighted by Crippen LogP contribution is 2.23. The van der Waals surface area contributed by atoms with Gasteiger partial charge in [-0.05, 0) is 30.7 Å². The average molecular weight is 326 g/mol. The zero-order valence-electron chi connectivity index (χ0n) is 11.5. The number of benzene rings is 1. The predicted molar refractivity (Wildman–Crippen MR) is 82.4 cm³/mol. The topological polar surface area (TPSA) is 59.2 Å². The number of aromatic amines is 1. The lowest BCUT2D eigenvalue weighted by atomic mass is 10.0. The van der Waals surface area contributed by atoms with Crippen LogP contribution in [0.25, 0.3) is 0 Å². The number of ether oxygens (including phenoxy) is 1. The minimum Gasteiger partial charge on any atom is -0.465 e. The van der Waals surface area contributed by atoms with Gasteiger partial charge >= 0.3 is 5.97 Å². The first-order valence-electron chi connectivity index (χ1n) is 6.17. The lowest BCUT2D eigenvalue weighted by Crippen LogP contribution is -2.18. The molecule has 110 valence electrons. The Kier molecular flexibility index (Phi) is 4.70. The number of hydrogen-bond donors (Lipinski definition) is 1. The van der Waals surface area contributed by atoms with Gasteiger partial charge in [0.05, 0.1) is 12.7 Å². The molecule has 0 aliphatic heterocycles. The molecule has 0 radical (unpaired) electrons. The monoisotopic (exact) mass is 325 g/mol. The van der Waals surface area contributed by atoms with Crippen LogP contribution in [0.2, 0.25) is 10.0 Å². The molecule has 0 amide bonds. The van der Waals surface area contributed by atoms with Crippen molar-refractivity contribution >= 4 is 29.2 Å². The van der Waals surface area contributed by atoms with Gasteiger partial charge in [-0.3, -0.25) is 4.79 Å². The third-order valence-corrected chi connectivity index (χ3v) is 3.70. The highest BCUT2D eigenvalue weighted by atomic mass is 35.5. The van der Waals surface area contributed by atoms with Crippen LogP contribution in [0.4, 0.5) is 0 Å². The Morgan fingerprint density at radius 3 is 2.57 bits per heavy atom. The summed E-state index contributed by atoms with van der Waals surface area (Å²) in [6.45, 7) is 1.65. The SMILES string of the molecule is COC(=O)c1cc(Cc2ccc(Cl)cc2Cl)c(=O)[nH]c1C. The maximum atomic E-state index is 12.0. The zero-order chi connectivity index (χ0) is 15.6. The van der Waals surface area contributed by atoms with E-state index in [1.807, 2.05) is 0 Å². The van der Waals surface area contributed by atoms with E-state index < -0.39 is 5.97 Å². The molecule has 0 saturated carbocycles. The van der Waals surface area contributed by atoms with Crippen molar-refractivity contribution < 1.29 is 9.53 Å². The molecule has 0 saturated heterocycles. The quantitative estimate of drug-likeness (QED) is 0.880. The highest BCUT2D eigenvalue weighted by Gasteiger charge is 2.14. The number of aryl methyl sites for hydroxylation is 1. The molecule has 1 heterocycles. The van der Waals surface area contributed by atoms with Crippen molar-refractivity contribution in [1.82, 2.24) is 4.98 Å². The number of H-pyrrole nitrogens is 1. The Morgan fingerprint density at radius 1 is 1.24 bits per heavy atom. The summed E-state index contributed by atoms with van der Waals surface area (Å²) in [7, 11) is 1.29. The number of carbonyl (C=O) groups is 1. The Bertz CT molecular complexity index is 753. The van der Waals surface area contributed by atoms with Crippen molar-refractivity contribution in [2.75, 3.05) is 7.11 Å². The number of carbonyl (C=O) groups excluding carboxylic acids is 1. The fourth-order valence-corrected chi connectivity index (χ4v) is 2.46. The molecule has 2 aromatic rings. The van der Waals surface area contributed by atoms with Crippen LogP contribution in [0, 0.1) is 6.92 Å². The van der Waals surface area contributed by atoms with Crippen molar-refractivity contribution in [3.8, 4) is 0 Å². The number of nitrogens with one attached hydrogen (secondary N) is 1. The van der Waals surface area contributed by atoms with E-state index in [1.165, 1.54) is 13.2 Å². The first-order chi connectivity index (χ1) is 9.92. The van der Waals surface area contributed by atoms with Crippen molar-refractivity contribution in [3.05, 3.63) is 67.0 Å². The van der Waals surface area contributed by atoms with Crippen LogP contribution in [0.3, 0.4) is 0 Å². The second-order valence-corrected chi connectivity index (χ2v) is 5.41. The molecule has 0 aliphatic carbocycles. The van der Waals surface area contributed by atoms with Gasteiger partial charge in [-0.1, -0.05) is 29.3 Å². The smallest absolute Gasteiger partial charge is 0.339 e. The molecule has 0 bridgehead atoms. The molecule has 2 rings (SSSR count). The van der Waals surface area contributed by atoms with E-state index in [-0.39, 0.29) is 5.56 Å². The van der Waals surface area contributed by atoms with E-state index in [0.29, 0.717) is 33.3 Å². The molecule has 1 aromatic heterocycles. The van der Waals surface area contributed by atoms with E-state index in [4.69, 9.17) is 27.9 Å². The number of rotatable bonds is 3. The van der Waals surface area contributed by atoms with Gasteiger partial charge in [0.2, 0.25) is 0 Å². The van der Waals surface area contributed by atoms with Crippen molar-refractivity contribution in [2.24, 2.45) is 0 Å². The molecule has 0 unspecified atom stereocenters. The lowest BCUT2D eigenvalue weighted by molar-refractivity contribution is 0.0599. The summed E-state index contributed by atoms with van der Waals surface area (Å²) in [5, 5.41) is 0.999. The number of hydrogen-bond acceptors (Lipinski definition) is 3. The molecule has 1 aromatic carbocycles. The maximum absolute atomic E-state index is 12.0. The number of esters is 1. The van der Waals surface area contributed by atoms with Crippen LogP contribution < -0.4 is 5.56 Å². The summed E-state index contributed by atoms with van der Waals surface area (Å²) in [6.07, 6.45) is 0.301. The average Bonchev–Trinajstić information content (AvgIpc) is 2.43. The van der Waals surface area contributed by atoms with Crippen LogP contribution in [-0.4, -0.2) is 18.1 Å². The number of pyridine rings is 1. The second-order valence-electron chi connectivity index (χ2n) is 4.57. The Morgan fingerprint density at radius 2 is 1.95 bits per heavy atom. The zero-order valence-corrected chi connectivity index (χ0v) is 13.0. The molecular weight excluding hydrogens is 313 g/mol. The van der Waals surface area contributed by atoms with Crippen LogP contribution in [0.1, 0.15) is 27.2 Å². The van der Waals surface area contributed by atoms with Gasteiger partial charge in [0.25, 0.3) is 5.56 Å². The van der Waals surface area contributed by atoms with Crippen LogP contribution in [0.15, 0.2) is 29.1 Å². The minimum atomic E-state index is -0.493. The third-order valence-electron chi connectivity index (χ3n) is 3.12. The number of halogens is 2. The largest absolute Gasteiger partial charge is 0.465 e. The fourth-order valence-electron chi connectivity index (χ4n) is 1.99. The normalized spacial score (nSPS) is 10.5. The molecule has 21 heavy (non-hydrogen) atoms. The van der Waals surface area contributed by atoms with E-state index in [1.54, 1.807) is 25.1 Å². The lowest BCUT2D eigenvalue weighted by Gasteiger charge is -2.08. The standard InChI is InChI=1S/C15H13Cl2NO3/c1-8-12(15(20)21-2)6-10(14(19)18-8)5-9-3-4-11(16)7-13(9)17/h3-4,6-7H,5H2,1-2H3,(H,18,19). The van der Waals surface area contributed by atoms with Crippen molar-refractivity contribution in [1.29, 1.82) is 0 Å². The van der Waals surface area contributed by atoms with E-state index in [0.717, 1.165) is 5.56 Å². The van der Waals surface area contributed by atoms with Gasteiger partial charge in [-0.15, -0.1) is 0 Å². The number of methoxy groups -OCH3 is 1. The van der Waals surface area contributed by atoms with Crippen molar-refractivity contribution in [2.45, 2.75) is 13.3 Å².